The molecule has 2 aromatic rings. The molecular formula is C9H7F3N2OS. The number of H-pyrrole nitrogens is 1. The van der Waals surface area contributed by atoms with E-state index in [-0.39, 0.29) is 10.2 Å². The molecule has 0 fully saturated rings. The number of aromatic nitrogens is 2. The molecule has 0 aromatic carbocycles. The molecule has 86 valence electrons. The van der Waals surface area contributed by atoms with Crippen LogP contribution in [0.2, 0.25) is 0 Å². The third-order valence-electron chi connectivity index (χ3n) is 2.31. The van der Waals surface area contributed by atoms with E-state index < -0.39 is 17.6 Å². The van der Waals surface area contributed by atoms with Crippen molar-refractivity contribution in [3.8, 4) is 0 Å². The molecule has 0 aliphatic rings. The van der Waals surface area contributed by atoms with E-state index in [1.807, 2.05) is 0 Å². The Morgan fingerprint density at radius 3 is 2.50 bits per heavy atom. The van der Waals surface area contributed by atoms with Gasteiger partial charge in [0.1, 0.15) is 4.83 Å². The summed E-state index contributed by atoms with van der Waals surface area (Å²) in [6, 6.07) is 0. The average molecular weight is 248 g/mol. The van der Waals surface area contributed by atoms with Crippen LogP contribution >= 0.6 is 11.3 Å². The summed E-state index contributed by atoms with van der Waals surface area (Å²) in [4.78, 5) is 17.6. The lowest BCUT2D eigenvalue weighted by atomic mass is 10.2. The molecule has 0 bridgehead atoms. The summed E-state index contributed by atoms with van der Waals surface area (Å²) in [5.41, 5.74) is -0.0540. The van der Waals surface area contributed by atoms with Gasteiger partial charge >= 0.3 is 6.18 Å². The second kappa shape index (κ2) is 3.31. The standard InChI is InChI=1S/C9H7F3N2OS/c1-3-4(2)16-7-5(3)6(15)13-8(14-7)9(10,11)12/h1-2H3,(H,13,14,15). The second-order valence-electron chi connectivity index (χ2n) is 3.38. The molecule has 16 heavy (non-hydrogen) atoms. The third kappa shape index (κ3) is 1.60. The Balaban J connectivity index is 2.84. The summed E-state index contributed by atoms with van der Waals surface area (Å²) in [5.74, 6) is -1.24. The molecule has 0 spiro atoms. The maximum atomic E-state index is 12.4. The topological polar surface area (TPSA) is 45.8 Å². The van der Waals surface area contributed by atoms with Crippen molar-refractivity contribution in [3.05, 3.63) is 26.6 Å². The zero-order chi connectivity index (χ0) is 12.1. The highest BCUT2D eigenvalue weighted by Gasteiger charge is 2.34. The Bertz CT molecular complexity index is 611. The molecule has 0 aliphatic carbocycles. The fourth-order valence-electron chi connectivity index (χ4n) is 1.39. The molecule has 0 radical (unpaired) electrons. The van der Waals surface area contributed by atoms with Gasteiger partial charge in [0, 0.05) is 4.88 Å². The smallest absolute Gasteiger partial charge is 0.302 e. The van der Waals surface area contributed by atoms with Crippen LogP contribution in [0.25, 0.3) is 10.2 Å². The van der Waals surface area contributed by atoms with Crippen LogP contribution in [0.4, 0.5) is 13.2 Å². The molecule has 3 nitrogen and oxygen atoms in total. The van der Waals surface area contributed by atoms with Crippen molar-refractivity contribution in [2.75, 3.05) is 0 Å². The number of alkyl halides is 3. The van der Waals surface area contributed by atoms with Gasteiger partial charge in [-0.1, -0.05) is 0 Å². The molecular weight excluding hydrogens is 241 g/mol. The van der Waals surface area contributed by atoms with Crippen molar-refractivity contribution in [3.63, 3.8) is 0 Å². The molecule has 0 atom stereocenters. The number of thiophene rings is 1. The van der Waals surface area contributed by atoms with Gasteiger partial charge in [0.25, 0.3) is 5.56 Å². The SMILES string of the molecule is Cc1sc2nc(C(F)(F)F)[nH]c(=O)c2c1C. The molecule has 1 N–H and O–H groups in total. The second-order valence-corrected chi connectivity index (χ2v) is 4.58. The summed E-state index contributed by atoms with van der Waals surface area (Å²) < 4.78 is 37.1. The van der Waals surface area contributed by atoms with Gasteiger partial charge in [0.2, 0.25) is 5.82 Å². The number of fused-ring (bicyclic) bond motifs is 1. The largest absolute Gasteiger partial charge is 0.449 e. The number of aryl methyl sites for hydroxylation is 2. The molecule has 7 heteroatoms. The predicted molar refractivity (Wildman–Crippen MR) is 54.7 cm³/mol. The normalized spacial score (nSPS) is 12.3. The fraction of sp³-hybridized carbons (Fsp3) is 0.333. The molecule has 2 aromatic heterocycles. The molecule has 0 saturated carbocycles. The fourth-order valence-corrected chi connectivity index (χ4v) is 2.42. The summed E-state index contributed by atoms with van der Waals surface area (Å²) >= 11 is 1.09. The highest BCUT2D eigenvalue weighted by Crippen LogP contribution is 2.30. The van der Waals surface area contributed by atoms with Gasteiger partial charge in [0.15, 0.2) is 0 Å². The van der Waals surface area contributed by atoms with E-state index in [9.17, 15) is 18.0 Å². The minimum absolute atomic E-state index is 0.131. The summed E-state index contributed by atoms with van der Waals surface area (Å²) in [7, 11) is 0. The predicted octanol–water partition coefficient (Wildman–Crippen LogP) is 2.62. The first-order valence-corrected chi connectivity index (χ1v) is 5.19. The maximum Gasteiger partial charge on any atom is 0.449 e. The van der Waals surface area contributed by atoms with Crippen LogP contribution in [-0.2, 0) is 6.18 Å². The Morgan fingerprint density at radius 1 is 1.31 bits per heavy atom. The van der Waals surface area contributed by atoms with Crippen LogP contribution in [0.15, 0.2) is 4.79 Å². The lowest BCUT2D eigenvalue weighted by molar-refractivity contribution is -0.144. The molecule has 0 unspecified atom stereocenters. The van der Waals surface area contributed by atoms with E-state index in [0.29, 0.717) is 5.56 Å². The number of nitrogens with one attached hydrogen (secondary N) is 1. The van der Waals surface area contributed by atoms with Crippen molar-refractivity contribution >= 4 is 21.6 Å². The summed E-state index contributed by atoms with van der Waals surface area (Å²) in [6.07, 6.45) is -4.63. The molecule has 0 aliphatic heterocycles. The van der Waals surface area contributed by atoms with Crippen LogP contribution < -0.4 is 5.56 Å². The van der Waals surface area contributed by atoms with Gasteiger partial charge in [0.05, 0.1) is 5.39 Å². The Labute approximate surface area is 91.9 Å². The van der Waals surface area contributed by atoms with Crippen molar-refractivity contribution in [2.24, 2.45) is 0 Å². The first-order valence-electron chi connectivity index (χ1n) is 4.38. The van der Waals surface area contributed by atoms with Crippen LogP contribution in [0.1, 0.15) is 16.3 Å². The highest BCUT2D eigenvalue weighted by atomic mass is 32.1. The zero-order valence-corrected chi connectivity index (χ0v) is 9.21. The van der Waals surface area contributed by atoms with E-state index in [0.717, 1.165) is 16.2 Å². The van der Waals surface area contributed by atoms with Crippen molar-refractivity contribution in [1.29, 1.82) is 0 Å². The van der Waals surface area contributed by atoms with E-state index in [2.05, 4.69) is 4.98 Å². The first-order chi connectivity index (χ1) is 7.30. The number of rotatable bonds is 0. The van der Waals surface area contributed by atoms with Crippen LogP contribution in [0, 0.1) is 13.8 Å². The first kappa shape index (κ1) is 11.1. The number of nitrogens with zero attached hydrogens (tertiary/aromatic N) is 1. The van der Waals surface area contributed by atoms with E-state index >= 15 is 0 Å². The Morgan fingerprint density at radius 2 is 1.94 bits per heavy atom. The number of aromatic amines is 1. The van der Waals surface area contributed by atoms with Crippen LogP contribution in [0.3, 0.4) is 0 Å². The van der Waals surface area contributed by atoms with Gasteiger partial charge < -0.3 is 4.98 Å². The molecule has 2 rings (SSSR count). The molecule has 0 saturated heterocycles. The maximum absolute atomic E-state index is 12.4. The monoisotopic (exact) mass is 248 g/mol. The van der Waals surface area contributed by atoms with Crippen LogP contribution in [0.5, 0.6) is 0 Å². The summed E-state index contributed by atoms with van der Waals surface area (Å²) in [6.45, 7) is 3.44. The average Bonchev–Trinajstić information content (AvgIpc) is 2.41. The van der Waals surface area contributed by atoms with Gasteiger partial charge in [-0.05, 0) is 19.4 Å². The lowest BCUT2D eigenvalue weighted by Gasteiger charge is -2.04. The Kier molecular flexibility index (Phi) is 2.30. The highest BCUT2D eigenvalue weighted by molar-refractivity contribution is 7.18. The lowest BCUT2D eigenvalue weighted by Crippen LogP contribution is -2.18. The van der Waals surface area contributed by atoms with Gasteiger partial charge in [-0.25, -0.2) is 4.98 Å². The quantitative estimate of drug-likeness (QED) is 0.779. The van der Waals surface area contributed by atoms with Crippen molar-refractivity contribution in [1.82, 2.24) is 9.97 Å². The minimum Gasteiger partial charge on any atom is -0.302 e. The van der Waals surface area contributed by atoms with Gasteiger partial charge in [-0.15, -0.1) is 11.3 Å². The van der Waals surface area contributed by atoms with Gasteiger partial charge in [-0.3, -0.25) is 4.79 Å². The van der Waals surface area contributed by atoms with Gasteiger partial charge in [-0.2, -0.15) is 13.2 Å². The molecule has 2 heterocycles. The number of halogens is 3. The summed E-state index contributed by atoms with van der Waals surface area (Å²) in [5, 5.41) is 0.246. The van der Waals surface area contributed by atoms with Crippen molar-refractivity contribution in [2.45, 2.75) is 20.0 Å². The molecule has 0 amide bonds. The van der Waals surface area contributed by atoms with Crippen LogP contribution in [-0.4, -0.2) is 9.97 Å². The Hall–Kier alpha value is -1.37. The van der Waals surface area contributed by atoms with E-state index in [1.165, 1.54) is 0 Å². The van der Waals surface area contributed by atoms with E-state index in [4.69, 9.17) is 0 Å². The van der Waals surface area contributed by atoms with E-state index in [1.54, 1.807) is 18.8 Å². The van der Waals surface area contributed by atoms with Crippen molar-refractivity contribution < 1.29 is 13.2 Å². The number of hydrogen-bond acceptors (Lipinski definition) is 3. The zero-order valence-electron chi connectivity index (χ0n) is 8.40. The third-order valence-corrected chi connectivity index (χ3v) is 3.41. The number of hydrogen-bond donors (Lipinski definition) is 1. The minimum atomic E-state index is -4.63.